The molecular weight excluding hydrogens is 552 g/mol. The van der Waals surface area contributed by atoms with Crippen LogP contribution < -0.4 is 4.90 Å². The van der Waals surface area contributed by atoms with Gasteiger partial charge in [0.25, 0.3) is 0 Å². The molecule has 214 valence electrons. The van der Waals surface area contributed by atoms with Crippen molar-refractivity contribution >= 4 is 28.4 Å². The number of aromatic nitrogens is 3. The van der Waals surface area contributed by atoms with Crippen LogP contribution in [-0.2, 0) is 0 Å². The number of aryl methyl sites for hydroxylation is 1. The van der Waals surface area contributed by atoms with Crippen LogP contribution in [0.15, 0.2) is 138 Å². The third kappa shape index (κ3) is 4.05. The highest BCUT2D eigenvalue weighted by Crippen LogP contribution is 2.54. The van der Waals surface area contributed by atoms with Gasteiger partial charge in [0, 0.05) is 44.9 Å². The molecule has 0 fully saturated rings. The van der Waals surface area contributed by atoms with Crippen molar-refractivity contribution in [1.82, 2.24) is 15.0 Å². The van der Waals surface area contributed by atoms with Gasteiger partial charge in [-0.05, 0) is 48.4 Å². The maximum atomic E-state index is 6.63. The van der Waals surface area contributed by atoms with Crippen molar-refractivity contribution in [3.63, 3.8) is 0 Å². The van der Waals surface area contributed by atoms with Gasteiger partial charge in [0.2, 0.25) is 0 Å². The molecule has 5 nitrogen and oxygen atoms in total. The lowest BCUT2D eigenvalue weighted by Crippen LogP contribution is -2.30. The number of hydrogen-bond donors (Lipinski definition) is 0. The molecule has 45 heavy (non-hydrogen) atoms. The molecule has 0 spiro atoms. The summed E-state index contributed by atoms with van der Waals surface area (Å²) in [4.78, 5) is 17.7. The van der Waals surface area contributed by atoms with Crippen molar-refractivity contribution in [2.45, 2.75) is 18.9 Å². The van der Waals surface area contributed by atoms with Gasteiger partial charge in [-0.25, -0.2) is 15.0 Å². The normalized spacial score (nSPS) is 16.4. The lowest BCUT2D eigenvalue weighted by Gasteiger charge is -2.30. The number of para-hydroxylation sites is 2. The van der Waals surface area contributed by atoms with Crippen molar-refractivity contribution in [3.05, 3.63) is 156 Å². The van der Waals surface area contributed by atoms with E-state index in [0.717, 1.165) is 39.0 Å². The van der Waals surface area contributed by atoms with E-state index < -0.39 is 0 Å². The van der Waals surface area contributed by atoms with Crippen LogP contribution in [0.3, 0.4) is 0 Å². The van der Waals surface area contributed by atoms with Gasteiger partial charge < -0.3 is 9.32 Å². The van der Waals surface area contributed by atoms with Gasteiger partial charge in [0.15, 0.2) is 17.5 Å². The fourth-order valence-corrected chi connectivity index (χ4v) is 7.05. The second-order valence-corrected chi connectivity index (χ2v) is 11.6. The summed E-state index contributed by atoms with van der Waals surface area (Å²) in [7, 11) is 0. The standard InChI is InChI=1S/C40H28N4O/c1-25-21-23-32-36(34(25)40-42-38(26-13-5-2-6-14-26)41-39(43-40)27-15-7-3-8-16-27)37-33(45-32)24-22-31-35(37)29-19-11-12-20-30(29)44(31)28-17-9-4-10-18-28/h2-24,31,35H,1H3. The summed E-state index contributed by atoms with van der Waals surface area (Å²) in [6, 6.07) is 44.0. The number of benzene rings is 5. The van der Waals surface area contributed by atoms with Gasteiger partial charge in [-0.2, -0.15) is 0 Å². The smallest absolute Gasteiger partial charge is 0.165 e. The monoisotopic (exact) mass is 580 g/mol. The fourth-order valence-electron chi connectivity index (χ4n) is 7.05. The van der Waals surface area contributed by atoms with Crippen LogP contribution in [0.2, 0.25) is 0 Å². The molecule has 5 aromatic carbocycles. The van der Waals surface area contributed by atoms with Crippen LogP contribution in [-0.4, -0.2) is 21.0 Å². The Morgan fingerprint density at radius 2 is 1.22 bits per heavy atom. The molecule has 5 heteroatoms. The summed E-state index contributed by atoms with van der Waals surface area (Å²) in [5, 5.41) is 1.07. The van der Waals surface area contributed by atoms with Gasteiger partial charge in [0.05, 0.1) is 6.04 Å². The largest absolute Gasteiger partial charge is 0.456 e. The quantitative estimate of drug-likeness (QED) is 0.207. The van der Waals surface area contributed by atoms with E-state index in [0.29, 0.717) is 17.5 Å². The zero-order valence-electron chi connectivity index (χ0n) is 24.6. The molecule has 2 aliphatic rings. The van der Waals surface area contributed by atoms with Crippen LogP contribution in [0.25, 0.3) is 51.2 Å². The molecule has 1 aliphatic heterocycles. The molecule has 0 N–H and O–H groups in total. The number of hydrogen-bond acceptors (Lipinski definition) is 5. The summed E-state index contributed by atoms with van der Waals surface area (Å²) < 4.78 is 6.63. The average Bonchev–Trinajstić information content (AvgIpc) is 3.65. The first-order chi connectivity index (χ1) is 22.2. The van der Waals surface area contributed by atoms with Crippen molar-refractivity contribution in [2.75, 3.05) is 4.90 Å². The van der Waals surface area contributed by atoms with Crippen molar-refractivity contribution in [2.24, 2.45) is 0 Å². The summed E-state index contributed by atoms with van der Waals surface area (Å²) in [6.45, 7) is 2.14. The molecule has 3 heterocycles. The first-order valence-electron chi connectivity index (χ1n) is 15.3. The number of fused-ring (bicyclic) bond motifs is 7. The minimum Gasteiger partial charge on any atom is -0.456 e. The van der Waals surface area contributed by atoms with Gasteiger partial charge >= 0.3 is 0 Å². The molecule has 0 saturated carbocycles. The van der Waals surface area contributed by atoms with E-state index in [1.54, 1.807) is 0 Å². The Balaban J connectivity index is 1.31. The second kappa shape index (κ2) is 10.1. The molecule has 2 aromatic heterocycles. The molecule has 0 radical (unpaired) electrons. The Morgan fingerprint density at radius 3 is 1.91 bits per heavy atom. The van der Waals surface area contributed by atoms with E-state index in [-0.39, 0.29) is 12.0 Å². The summed E-state index contributed by atoms with van der Waals surface area (Å²) >= 11 is 0. The minimum absolute atomic E-state index is 0.0761. The first-order valence-corrected chi connectivity index (χ1v) is 15.3. The minimum atomic E-state index is 0.0761. The van der Waals surface area contributed by atoms with Gasteiger partial charge in [-0.3, -0.25) is 0 Å². The van der Waals surface area contributed by atoms with E-state index in [1.165, 1.54) is 22.5 Å². The van der Waals surface area contributed by atoms with Crippen molar-refractivity contribution in [3.8, 4) is 34.2 Å². The number of nitrogens with zero attached hydrogens (tertiary/aromatic N) is 4. The van der Waals surface area contributed by atoms with Gasteiger partial charge in [-0.1, -0.05) is 109 Å². The molecule has 0 bridgehead atoms. The highest BCUT2D eigenvalue weighted by molar-refractivity contribution is 6.01. The molecule has 0 saturated heterocycles. The van der Waals surface area contributed by atoms with Crippen LogP contribution in [0.5, 0.6) is 0 Å². The molecule has 9 rings (SSSR count). The summed E-state index contributed by atoms with van der Waals surface area (Å²) in [5.74, 6) is 2.90. The Morgan fingerprint density at radius 1 is 0.622 bits per heavy atom. The molecule has 0 amide bonds. The zero-order valence-corrected chi connectivity index (χ0v) is 24.6. The number of rotatable bonds is 4. The van der Waals surface area contributed by atoms with Crippen LogP contribution in [0.1, 0.15) is 28.4 Å². The van der Waals surface area contributed by atoms with Crippen LogP contribution >= 0.6 is 0 Å². The fraction of sp³-hybridized carbons (Fsp3) is 0.0750. The third-order valence-corrected chi connectivity index (χ3v) is 9.01. The molecular formula is C40H28N4O. The second-order valence-electron chi connectivity index (χ2n) is 11.6. The maximum Gasteiger partial charge on any atom is 0.165 e. The average molecular weight is 581 g/mol. The highest BCUT2D eigenvalue weighted by atomic mass is 16.3. The van der Waals surface area contributed by atoms with E-state index >= 15 is 0 Å². The van der Waals surface area contributed by atoms with Crippen molar-refractivity contribution < 1.29 is 4.42 Å². The lowest BCUT2D eigenvalue weighted by molar-refractivity contribution is 0.584. The topological polar surface area (TPSA) is 55.1 Å². The Labute approximate surface area is 261 Å². The summed E-state index contributed by atoms with van der Waals surface area (Å²) in [6.07, 6.45) is 4.44. The van der Waals surface area contributed by atoms with E-state index in [9.17, 15) is 0 Å². The van der Waals surface area contributed by atoms with Crippen LogP contribution in [0, 0.1) is 6.92 Å². The van der Waals surface area contributed by atoms with E-state index in [4.69, 9.17) is 19.4 Å². The Hall–Kier alpha value is -5.81. The molecule has 1 aliphatic carbocycles. The van der Waals surface area contributed by atoms with E-state index in [2.05, 4.69) is 90.7 Å². The highest BCUT2D eigenvalue weighted by Gasteiger charge is 2.43. The molecule has 2 atom stereocenters. The SMILES string of the molecule is Cc1ccc2oc3c(c2c1-c1nc(-c2ccccc2)nc(-c2ccccc2)n1)C1c2ccccc2N(c2ccccc2)C1C=C3. The predicted octanol–water partition coefficient (Wildman–Crippen LogP) is 9.61. The van der Waals surface area contributed by atoms with Gasteiger partial charge in [0.1, 0.15) is 11.3 Å². The van der Waals surface area contributed by atoms with E-state index in [1.807, 2.05) is 60.7 Å². The number of anilines is 2. The summed E-state index contributed by atoms with van der Waals surface area (Å²) in [5.41, 5.74) is 9.68. The zero-order chi connectivity index (χ0) is 29.9. The molecule has 7 aromatic rings. The third-order valence-electron chi connectivity index (χ3n) is 9.01. The predicted molar refractivity (Wildman–Crippen MR) is 180 cm³/mol. The van der Waals surface area contributed by atoms with Gasteiger partial charge in [-0.15, -0.1) is 0 Å². The Kier molecular flexibility index (Phi) is 5.78. The van der Waals surface area contributed by atoms with Crippen LogP contribution in [0.4, 0.5) is 11.4 Å². The van der Waals surface area contributed by atoms with Crippen molar-refractivity contribution in [1.29, 1.82) is 0 Å². The molecule has 2 unspecified atom stereocenters. The number of furan rings is 1. The lowest BCUT2D eigenvalue weighted by atomic mass is 9.81. The Bertz CT molecular complexity index is 2180. The first kappa shape index (κ1) is 25.7. The maximum absolute atomic E-state index is 6.63.